The van der Waals surface area contributed by atoms with Crippen molar-refractivity contribution in [1.29, 1.82) is 0 Å². The Balaban J connectivity index is 2.25. The largest absolute Gasteiger partial charge is 0.610 e. The number of rotatable bonds is 2. The molecule has 3 rings (SSSR count). The highest BCUT2D eigenvalue weighted by atomic mass is 32.2. The van der Waals surface area contributed by atoms with Gasteiger partial charge in [0.1, 0.15) is 17.8 Å². The average molecular weight is 326 g/mol. The molecule has 110 valence electrons. The molecule has 0 aliphatic rings. The number of hydrogen-bond donors (Lipinski definition) is 0. The summed E-state index contributed by atoms with van der Waals surface area (Å²) in [5, 5.41) is 4.03. The third-order valence-electron chi connectivity index (χ3n) is 3.11. The molecule has 0 aliphatic carbocycles. The fraction of sp³-hybridized carbons (Fsp3) is 0.250. The van der Waals surface area contributed by atoms with E-state index in [1.807, 2.05) is 0 Å². The molecule has 0 radical (unpaired) electrons. The van der Waals surface area contributed by atoms with Crippen LogP contribution in [-0.2, 0) is 18.2 Å². The van der Waals surface area contributed by atoms with Crippen LogP contribution >= 0.6 is 11.3 Å². The Morgan fingerprint density at radius 3 is 2.71 bits per heavy atom. The fourth-order valence-electron chi connectivity index (χ4n) is 1.89. The quantitative estimate of drug-likeness (QED) is 0.667. The summed E-state index contributed by atoms with van der Waals surface area (Å²) in [5.74, 6) is -0.0899. The minimum Gasteiger partial charge on any atom is -0.610 e. The first kappa shape index (κ1) is 14.2. The lowest BCUT2D eigenvalue weighted by Gasteiger charge is -2.01. The molecule has 6 nitrogen and oxygen atoms in total. The van der Waals surface area contributed by atoms with Crippen molar-refractivity contribution in [2.45, 2.75) is 11.3 Å². The molecule has 0 saturated carbocycles. The molecule has 0 fully saturated rings. The fourth-order valence-corrected chi connectivity index (χ4v) is 3.56. The van der Waals surface area contributed by atoms with Crippen LogP contribution in [0.2, 0.25) is 0 Å². The average Bonchev–Trinajstić information content (AvgIpc) is 2.94. The first-order valence-electron chi connectivity index (χ1n) is 5.95. The van der Waals surface area contributed by atoms with Gasteiger partial charge in [-0.25, -0.2) is 9.18 Å². The molecule has 9 heteroatoms. The highest BCUT2D eigenvalue weighted by Crippen LogP contribution is 2.28. The summed E-state index contributed by atoms with van der Waals surface area (Å²) in [6.07, 6.45) is 1.52. The van der Waals surface area contributed by atoms with Crippen molar-refractivity contribution in [1.82, 2.24) is 19.3 Å². The molecule has 0 saturated heterocycles. The Morgan fingerprint density at radius 2 is 2.14 bits per heavy atom. The first-order chi connectivity index (χ1) is 9.88. The van der Waals surface area contributed by atoms with Gasteiger partial charge >= 0.3 is 10.0 Å². The van der Waals surface area contributed by atoms with Crippen LogP contribution in [0.15, 0.2) is 21.3 Å². The van der Waals surface area contributed by atoms with Crippen molar-refractivity contribution in [2.75, 3.05) is 6.26 Å². The third-order valence-corrected chi connectivity index (χ3v) is 5.46. The summed E-state index contributed by atoms with van der Waals surface area (Å²) in [7, 11) is 1.57. The van der Waals surface area contributed by atoms with Crippen molar-refractivity contribution < 1.29 is 8.94 Å². The van der Waals surface area contributed by atoms with E-state index in [9.17, 15) is 13.7 Å². The second kappa shape index (κ2) is 4.93. The number of aromatic nitrogens is 4. The highest BCUT2D eigenvalue weighted by molar-refractivity contribution is 7.92. The topological polar surface area (TPSA) is 75.8 Å². The standard InChI is InChI=1S/C12H11FN4O2S2/c1-6-15-17(12(18)16(6)2)9-5-8-10(4-7(9)13)20-11(14-8)21(3)19/h4-5H,1-3H3. The first-order valence-corrected chi connectivity index (χ1v) is 8.32. The van der Waals surface area contributed by atoms with E-state index in [1.54, 1.807) is 14.0 Å². The number of nitrogens with zero attached hydrogens (tertiary/aromatic N) is 4. The van der Waals surface area contributed by atoms with Crippen LogP contribution in [0.25, 0.3) is 15.9 Å². The maximum absolute atomic E-state index is 14.2. The SMILES string of the molecule is Cc1nn(-c2cc3nc([S+](C)[O-])sc3cc2F)c(=O)n1C. The van der Waals surface area contributed by atoms with Crippen LogP contribution in [0.1, 0.15) is 5.82 Å². The van der Waals surface area contributed by atoms with Gasteiger partial charge in [-0.05, 0) is 19.1 Å². The molecular weight excluding hydrogens is 315 g/mol. The molecule has 0 amide bonds. The lowest BCUT2D eigenvalue weighted by atomic mass is 10.3. The molecule has 1 aromatic carbocycles. The van der Waals surface area contributed by atoms with E-state index in [0.29, 0.717) is 20.4 Å². The molecule has 3 aromatic rings. The van der Waals surface area contributed by atoms with Crippen LogP contribution in [0.4, 0.5) is 4.39 Å². The second-order valence-corrected chi connectivity index (χ2v) is 7.09. The summed E-state index contributed by atoms with van der Waals surface area (Å²) in [6, 6.07) is 2.74. The van der Waals surface area contributed by atoms with Crippen molar-refractivity contribution in [3.8, 4) is 5.69 Å². The van der Waals surface area contributed by atoms with Crippen molar-refractivity contribution in [3.05, 3.63) is 34.3 Å². The van der Waals surface area contributed by atoms with Gasteiger partial charge in [-0.15, -0.1) is 0 Å². The number of hydrogen-bond acceptors (Lipinski definition) is 5. The van der Waals surface area contributed by atoms with E-state index in [1.165, 1.54) is 34.3 Å². The molecule has 0 N–H and O–H groups in total. The molecular formula is C12H11FN4O2S2. The predicted molar refractivity (Wildman–Crippen MR) is 79.0 cm³/mol. The van der Waals surface area contributed by atoms with E-state index in [4.69, 9.17) is 0 Å². The number of fused-ring (bicyclic) bond motifs is 1. The van der Waals surface area contributed by atoms with Gasteiger partial charge < -0.3 is 4.55 Å². The van der Waals surface area contributed by atoms with E-state index in [2.05, 4.69) is 10.1 Å². The Morgan fingerprint density at radius 1 is 1.43 bits per heavy atom. The zero-order valence-electron chi connectivity index (χ0n) is 11.5. The third kappa shape index (κ3) is 2.27. The summed E-state index contributed by atoms with van der Waals surface area (Å²) >= 11 is -0.0548. The maximum Gasteiger partial charge on any atom is 0.350 e. The van der Waals surface area contributed by atoms with Gasteiger partial charge in [0, 0.05) is 18.2 Å². The predicted octanol–water partition coefficient (Wildman–Crippen LogP) is 1.37. The van der Waals surface area contributed by atoms with Gasteiger partial charge in [0.2, 0.25) is 0 Å². The molecule has 21 heavy (non-hydrogen) atoms. The molecule has 2 aromatic heterocycles. The van der Waals surface area contributed by atoms with Gasteiger partial charge in [0.15, 0.2) is 5.82 Å². The van der Waals surface area contributed by atoms with E-state index in [-0.39, 0.29) is 5.69 Å². The zero-order valence-corrected chi connectivity index (χ0v) is 13.1. The summed E-state index contributed by atoms with van der Waals surface area (Å²) in [4.78, 5) is 16.2. The van der Waals surface area contributed by atoms with E-state index >= 15 is 0 Å². The summed E-state index contributed by atoms with van der Waals surface area (Å²) in [6.45, 7) is 1.66. The lowest BCUT2D eigenvalue weighted by Crippen LogP contribution is -2.22. The number of benzene rings is 1. The lowest BCUT2D eigenvalue weighted by molar-refractivity contribution is 0.600. The highest BCUT2D eigenvalue weighted by Gasteiger charge is 2.18. The van der Waals surface area contributed by atoms with Gasteiger partial charge in [0.25, 0.3) is 0 Å². The number of halogens is 1. The summed E-state index contributed by atoms with van der Waals surface area (Å²) < 4.78 is 29.0. The van der Waals surface area contributed by atoms with Crippen molar-refractivity contribution in [2.24, 2.45) is 7.05 Å². The maximum atomic E-state index is 14.2. The molecule has 1 atom stereocenters. The summed E-state index contributed by atoms with van der Waals surface area (Å²) in [5.41, 5.74) is 0.104. The smallest absolute Gasteiger partial charge is 0.350 e. The zero-order chi connectivity index (χ0) is 15.3. The van der Waals surface area contributed by atoms with E-state index in [0.717, 1.165) is 4.68 Å². The monoisotopic (exact) mass is 326 g/mol. The van der Waals surface area contributed by atoms with Crippen LogP contribution in [0, 0.1) is 12.7 Å². The molecule has 0 bridgehead atoms. The van der Waals surface area contributed by atoms with Crippen LogP contribution in [0.5, 0.6) is 0 Å². The van der Waals surface area contributed by atoms with Gasteiger partial charge in [-0.1, -0.05) is 11.3 Å². The van der Waals surface area contributed by atoms with Crippen molar-refractivity contribution in [3.63, 3.8) is 0 Å². The second-order valence-electron chi connectivity index (χ2n) is 4.51. The van der Waals surface area contributed by atoms with Crippen molar-refractivity contribution >= 4 is 32.7 Å². The Hall–Kier alpha value is -1.71. The van der Waals surface area contributed by atoms with Gasteiger partial charge in [0.05, 0.1) is 10.2 Å². The van der Waals surface area contributed by atoms with Crippen LogP contribution in [0.3, 0.4) is 0 Å². The normalized spacial score (nSPS) is 13.0. The number of aryl methyl sites for hydroxylation is 1. The Kier molecular flexibility index (Phi) is 3.34. The Bertz CT molecular complexity index is 897. The molecule has 1 unspecified atom stereocenters. The minimum atomic E-state index is -1.23. The molecule has 2 heterocycles. The van der Waals surface area contributed by atoms with Gasteiger partial charge in [-0.2, -0.15) is 14.8 Å². The molecule has 0 aliphatic heterocycles. The van der Waals surface area contributed by atoms with E-state index < -0.39 is 22.7 Å². The van der Waals surface area contributed by atoms with Gasteiger partial charge in [-0.3, -0.25) is 4.57 Å². The number of thiazole rings is 1. The van der Waals surface area contributed by atoms with Crippen LogP contribution < -0.4 is 5.69 Å². The van der Waals surface area contributed by atoms with Crippen LogP contribution in [-0.4, -0.2) is 30.1 Å². The molecule has 0 spiro atoms. The Labute approximate surface area is 126 Å². The minimum absolute atomic E-state index is 0.0370.